The summed E-state index contributed by atoms with van der Waals surface area (Å²) in [5.74, 6) is -0.621. The lowest BCUT2D eigenvalue weighted by Crippen LogP contribution is -2.49. The number of carbonyl (C=O) groups excluding carboxylic acids is 1. The Hall–Kier alpha value is -4.44. The Labute approximate surface area is 203 Å². The lowest BCUT2D eigenvalue weighted by atomic mass is 10.0. The van der Waals surface area contributed by atoms with Crippen molar-refractivity contribution in [1.29, 1.82) is 5.26 Å². The molecule has 0 spiro atoms. The smallest absolute Gasteiger partial charge is 0.257 e. The molecule has 1 amide bonds. The number of rotatable bonds is 4. The first-order chi connectivity index (χ1) is 17.1. The molecule has 174 valence electrons. The van der Waals surface area contributed by atoms with Crippen molar-refractivity contribution >= 4 is 11.6 Å². The van der Waals surface area contributed by atoms with Crippen molar-refractivity contribution in [3.8, 4) is 23.0 Å². The van der Waals surface area contributed by atoms with Crippen LogP contribution in [0.1, 0.15) is 21.5 Å². The molecule has 1 fully saturated rings. The number of halogens is 1. The van der Waals surface area contributed by atoms with Gasteiger partial charge in [-0.1, -0.05) is 48.5 Å². The zero-order valence-corrected chi connectivity index (χ0v) is 19.4. The van der Waals surface area contributed by atoms with Crippen molar-refractivity contribution in [2.45, 2.75) is 6.92 Å². The van der Waals surface area contributed by atoms with E-state index in [1.807, 2.05) is 72.5 Å². The van der Waals surface area contributed by atoms with Crippen molar-refractivity contribution < 1.29 is 9.18 Å². The van der Waals surface area contributed by atoms with Gasteiger partial charge in [0.2, 0.25) is 0 Å². The van der Waals surface area contributed by atoms with Crippen LogP contribution in [-0.2, 0) is 0 Å². The molecule has 1 aromatic heterocycles. The average molecular weight is 466 g/mol. The molecule has 1 aliphatic heterocycles. The van der Waals surface area contributed by atoms with E-state index < -0.39 is 5.82 Å². The van der Waals surface area contributed by atoms with E-state index >= 15 is 0 Å². The van der Waals surface area contributed by atoms with Gasteiger partial charge in [0.1, 0.15) is 23.1 Å². The van der Waals surface area contributed by atoms with Gasteiger partial charge in [0.05, 0.1) is 16.9 Å². The highest BCUT2D eigenvalue weighted by molar-refractivity contribution is 6.00. The number of para-hydroxylation sites is 1. The van der Waals surface area contributed by atoms with E-state index in [0.29, 0.717) is 43.1 Å². The molecule has 0 atom stereocenters. The molecule has 0 bridgehead atoms. The molecule has 0 aliphatic carbocycles. The molecular weight excluding hydrogens is 441 g/mol. The number of nitriles is 1. The first-order valence-electron chi connectivity index (χ1n) is 11.5. The molecule has 1 aliphatic rings. The minimum atomic E-state index is -0.528. The molecule has 1 saturated heterocycles. The van der Waals surface area contributed by atoms with E-state index in [0.717, 1.165) is 16.8 Å². The second-order valence-electron chi connectivity index (χ2n) is 8.51. The Morgan fingerprint density at radius 2 is 1.66 bits per heavy atom. The van der Waals surface area contributed by atoms with Crippen LogP contribution in [0.2, 0.25) is 0 Å². The number of aromatic nitrogens is 2. The third-order valence-corrected chi connectivity index (χ3v) is 6.38. The Kier molecular flexibility index (Phi) is 6.02. The highest BCUT2D eigenvalue weighted by Gasteiger charge is 2.28. The van der Waals surface area contributed by atoms with Crippen LogP contribution in [0.3, 0.4) is 0 Å². The topological polar surface area (TPSA) is 65.2 Å². The summed E-state index contributed by atoms with van der Waals surface area (Å²) >= 11 is 0. The highest BCUT2D eigenvalue weighted by Crippen LogP contribution is 2.29. The van der Waals surface area contributed by atoms with Gasteiger partial charge < -0.3 is 9.80 Å². The number of benzene rings is 3. The number of carbonyl (C=O) groups is 1. The van der Waals surface area contributed by atoms with Crippen LogP contribution in [0.4, 0.5) is 10.1 Å². The molecule has 0 N–H and O–H groups in total. The van der Waals surface area contributed by atoms with E-state index in [-0.39, 0.29) is 11.5 Å². The molecule has 35 heavy (non-hydrogen) atoms. The molecule has 4 aromatic rings. The molecule has 3 aromatic carbocycles. The first-order valence-corrected chi connectivity index (χ1v) is 11.5. The normalized spacial score (nSPS) is 13.5. The van der Waals surface area contributed by atoms with Crippen molar-refractivity contribution in [1.82, 2.24) is 14.7 Å². The summed E-state index contributed by atoms with van der Waals surface area (Å²) in [5, 5.41) is 14.2. The summed E-state index contributed by atoms with van der Waals surface area (Å²) in [7, 11) is 0. The van der Waals surface area contributed by atoms with Crippen molar-refractivity contribution in [2.75, 3.05) is 31.1 Å². The van der Waals surface area contributed by atoms with Gasteiger partial charge in [0.15, 0.2) is 0 Å². The Morgan fingerprint density at radius 3 is 2.37 bits per heavy atom. The standard InChI is InChI=1S/C28H24FN5O/c1-20-8-5-6-11-22(20)27-24(19-34(31-27)21-9-3-2-4-10-21)28(35)33-16-14-32(15-17-33)26-13-7-12-25(29)23(26)18-30/h2-13,19H,14-17H2,1H3. The fourth-order valence-electron chi connectivity index (χ4n) is 4.49. The average Bonchev–Trinajstić information content (AvgIpc) is 3.34. The van der Waals surface area contributed by atoms with Crippen LogP contribution in [0.25, 0.3) is 16.9 Å². The third-order valence-electron chi connectivity index (χ3n) is 6.38. The third kappa shape index (κ3) is 4.26. The molecule has 0 unspecified atom stereocenters. The monoisotopic (exact) mass is 465 g/mol. The van der Waals surface area contributed by atoms with Crippen LogP contribution >= 0.6 is 0 Å². The summed E-state index contributed by atoms with van der Waals surface area (Å²) in [6.45, 7) is 3.95. The summed E-state index contributed by atoms with van der Waals surface area (Å²) in [6, 6.07) is 24.2. The molecular formula is C28H24FN5O. The maximum absolute atomic E-state index is 14.1. The number of nitrogens with zero attached hydrogens (tertiary/aromatic N) is 5. The molecule has 0 radical (unpaired) electrons. The Balaban J connectivity index is 1.44. The van der Waals surface area contributed by atoms with Gasteiger partial charge in [0, 0.05) is 37.9 Å². The number of piperazine rings is 1. The molecule has 0 saturated carbocycles. The molecule has 6 nitrogen and oxygen atoms in total. The van der Waals surface area contributed by atoms with E-state index in [1.165, 1.54) is 6.07 Å². The number of anilines is 1. The lowest BCUT2D eigenvalue weighted by molar-refractivity contribution is 0.0747. The minimum absolute atomic E-state index is 0.0400. The van der Waals surface area contributed by atoms with Gasteiger partial charge in [-0.2, -0.15) is 10.4 Å². The number of hydrogen-bond donors (Lipinski definition) is 0. The maximum Gasteiger partial charge on any atom is 0.257 e. The van der Waals surface area contributed by atoms with E-state index in [2.05, 4.69) is 0 Å². The van der Waals surface area contributed by atoms with Crippen LogP contribution in [-0.4, -0.2) is 46.8 Å². The van der Waals surface area contributed by atoms with Crippen LogP contribution in [0.5, 0.6) is 0 Å². The highest BCUT2D eigenvalue weighted by atomic mass is 19.1. The molecule has 5 rings (SSSR count). The van der Waals surface area contributed by atoms with Crippen LogP contribution in [0, 0.1) is 24.1 Å². The SMILES string of the molecule is Cc1ccccc1-c1nn(-c2ccccc2)cc1C(=O)N1CCN(c2cccc(F)c2C#N)CC1. The first kappa shape index (κ1) is 22.4. The predicted molar refractivity (Wildman–Crippen MR) is 133 cm³/mol. The molecule has 7 heteroatoms. The fourth-order valence-corrected chi connectivity index (χ4v) is 4.49. The van der Waals surface area contributed by atoms with Crippen LogP contribution in [0.15, 0.2) is 79.0 Å². The summed E-state index contributed by atoms with van der Waals surface area (Å²) < 4.78 is 15.8. The van der Waals surface area contributed by atoms with Gasteiger partial charge in [0.25, 0.3) is 5.91 Å². The van der Waals surface area contributed by atoms with Crippen molar-refractivity contribution in [3.05, 3.63) is 102 Å². The lowest BCUT2D eigenvalue weighted by Gasteiger charge is -2.36. The fraction of sp³-hybridized carbons (Fsp3) is 0.179. The van der Waals surface area contributed by atoms with E-state index in [1.54, 1.807) is 27.9 Å². The number of hydrogen-bond acceptors (Lipinski definition) is 4. The summed E-state index contributed by atoms with van der Waals surface area (Å²) in [4.78, 5) is 17.5. The van der Waals surface area contributed by atoms with Gasteiger partial charge in [-0.25, -0.2) is 9.07 Å². The predicted octanol–water partition coefficient (Wildman–Crippen LogP) is 4.82. The maximum atomic E-state index is 14.1. The van der Waals surface area contributed by atoms with Crippen LogP contribution < -0.4 is 4.90 Å². The van der Waals surface area contributed by atoms with E-state index in [9.17, 15) is 14.4 Å². The molecule has 2 heterocycles. The van der Waals surface area contributed by atoms with Crippen molar-refractivity contribution in [3.63, 3.8) is 0 Å². The van der Waals surface area contributed by atoms with E-state index in [4.69, 9.17) is 5.10 Å². The summed E-state index contributed by atoms with van der Waals surface area (Å²) in [6.07, 6.45) is 1.80. The largest absolute Gasteiger partial charge is 0.367 e. The second kappa shape index (κ2) is 9.43. The number of amides is 1. The Bertz CT molecular complexity index is 1420. The zero-order valence-electron chi connectivity index (χ0n) is 19.4. The van der Waals surface area contributed by atoms with Gasteiger partial charge >= 0.3 is 0 Å². The quantitative estimate of drug-likeness (QED) is 0.433. The minimum Gasteiger partial charge on any atom is -0.367 e. The summed E-state index contributed by atoms with van der Waals surface area (Å²) in [5.41, 5.74) is 4.63. The zero-order chi connectivity index (χ0) is 24.4. The van der Waals surface area contributed by atoms with Gasteiger partial charge in [-0.05, 0) is 36.8 Å². The van der Waals surface area contributed by atoms with Gasteiger partial charge in [-0.15, -0.1) is 0 Å². The second-order valence-corrected chi connectivity index (χ2v) is 8.51. The number of aryl methyl sites for hydroxylation is 1. The Morgan fingerprint density at radius 1 is 0.943 bits per heavy atom. The van der Waals surface area contributed by atoms with Crippen molar-refractivity contribution in [2.24, 2.45) is 0 Å². The van der Waals surface area contributed by atoms with Gasteiger partial charge in [-0.3, -0.25) is 4.79 Å².